The quantitative estimate of drug-likeness (QED) is 0.643. The highest BCUT2D eigenvalue weighted by molar-refractivity contribution is 5.22. The zero-order valence-corrected chi connectivity index (χ0v) is 18.2. The Labute approximate surface area is 167 Å². The predicted octanol–water partition coefficient (Wildman–Crippen LogP) is 4.49. The van der Waals surface area contributed by atoms with E-state index in [2.05, 4.69) is 38.7 Å². The first-order valence-corrected chi connectivity index (χ1v) is 11.5. The summed E-state index contributed by atoms with van der Waals surface area (Å²) in [7, 11) is 0. The molecule has 0 aromatic rings. The second kappa shape index (κ2) is 8.55. The molecular weight excluding hydrogens is 334 g/mol. The van der Waals surface area contributed by atoms with Crippen LogP contribution in [0.5, 0.6) is 0 Å². The van der Waals surface area contributed by atoms with E-state index in [1.165, 1.54) is 44.9 Å². The highest BCUT2D eigenvalue weighted by atomic mass is 16.3. The van der Waals surface area contributed by atoms with Gasteiger partial charge in [-0.1, -0.05) is 45.8 Å². The van der Waals surface area contributed by atoms with Gasteiger partial charge in [0.25, 0.3) is 0 Å². The summed E-state index contributed by atoms with van der Waals surface area (Å²) in [6.45, 7) is 12.6. The molecular formula is C24H43NO2. The van der Waals surface area contributed by atoms with Crippen LogP contribution in [-0.2, 0) is 0 Å². The molecule has 2 N–H and O–H groups in total. The Balaban J connectivity index is 1.81. The summed E-state index contributed by atoms with van der Waals surface area (Å²) in [4.78, 5) is 2.29. The van der Waals surface area contributed by atoms with Gasteiger partial charge in [-0.25, -0.2) is 0 Å². The minimum atomic E-state index is 0.182. The van der Waals surface area contributed by atoms with Gasteiger partial charge in [-0.05, 0) is 73.0 Å². The summed E-state index contributed by atoms with van der Waals surface area (Å²) in [6.07, 6.45) is 12.0. The average Bonchev–Trinajstić information content (AvgIpc) is 2.61. The summed E-state index contributed by atoms with van der Waals surface area (Å²) < 4.78 is 0. The topological polar surface area (TPSA) is 43.7 Å². The monoisotopic (exact) mass is 377 g/mol. The van der Waals surface area contributed by atoms with Crippen molar-refractivity contribution in [3.63, 3.8) is 0 Å². The number of aliphatic hydroxyl groups is 2. The minimum Gasteiger partial charge on any atom is -0.395 e. The van der Waals surface area contributed by atoms with Crippen LogP contribution in [0.25, 0.3) is 0 Å². The van der Waals surface area contributed by atoms with E-state index in [-0.39, 0.29) is 18.6 Å². The maximum atomic E-state index is 9.45. The van der Waals surface area contributed by atoms with Crippen LogP contribution >= 0.6 is 0 Å². The van der Waals surface area contributed by atoms with Crippen LogP contribution in [0.2, 0.25) is 0 Å². The van der Waals surface area contributed by atoms with Gasteiger partial charge in [0, 0.05) is 19.6 Å². The van der Waals surface area contributed by atoms with Gasteiger partial charge in [0.2, 0.25) is 0 Å². The van der Waals surface area contributed by atoms with Gasteiger partial charge in [0.05, 0.1) is 13.2 Å². The lowest BCUT2D eigenvalue weighted by molar-refractivity contribution is -0.0725. The van der Waals surface area contributed by atoms with Crippen molar-refractivity contribution in [2.45, 2.75) is 72.6 Å². The molecule has 0 spiro atoms. The van der Waals surface area contributed by atoms with Crippen LogP contribution in [0.1, 0.15) is 72.6 Å². The van der Waals surface area contributed by atoms with Crippen LogP contribution in [-0.4, -0.2) is 48.0 Å². The first kappa shape index (κ1) is 21.3. The fourth-order valence-corrected chi connectivity index (χ4v) is 7.17. The molecule has 156 valence electrons. The van der Waals surface area contributed by atoms with Crippen LogP contribution in [0.3, 0.4) is 0 Å². The minimum absolute atomic E-state index is 0.182. The van der Waals surface area contributed by atoms with E-state index in [0.29, 0.717) is 18.5 Å². The van der Waals surface area contributed by atoms with Crippen molar-refractivity contribution in [2.75, 3.05) is 32.8 Å². The van der Waals surface area contributed by atoms with Crippen LogP contribution in [0.4, 0.5) is 0 Å². The molecule has 0 amide bonds. The van der Waals surface area contributed by atoms with E-state index in [0.717, 1.165) is 30.2 Å². The lowest BCUT2D eigenvalue weighted by Gasteiger charge is -2.60. The summed E-state index contributed by atoms with van der Waals surface area (Å²) in [5, 5.41) is 18.9. The molecule has 0 aliphatic heterocycles. The molecule has 0 aromatic carbocycles. The molecule has 2 unspecified atom stereocenters. The van der Waals surface area contributed by atoms with Gasteiger partial charge >= 0.3 is 0 Å². The Bertz CT molecular complexity index is 524. The molecule has 0 saturated heterocycles. The maximum absolute atomic E-state index is 9.45. The van der Waals surface area contributed by atoms with E-state index in [4.69, 9.17) is 0 Å². The van der Waals surface area contributed by atoms with Crippen LogP contribution in [0, 0.1) is 34.5 Å². The van der Waals surface area contributed by atoms with E-state index in [1.807, 2.05) is 0 Å². The number of hydrogen-bond donors (Lipinski definition) is 2. The number of hydrogen-bond acceptors (Lipinski definition) is 3. The Kier molecular flexibility index (Phi) is 6.75. The molecule has 3 aliphatic rings. The lowest BCUT2D eigenvalue weighted by Crippen LogP contribution is -2.54. The second-order valence-electron chi connectivity index (χ2n) is 10.6. The molecule has 0 aromatic heterocycles. The average molecular weight is 378 g/mol. The molecule has 0 radical (unpaired) electrons. The predicted molar refractivity (Wildman–Crippen MR) is 113 cm³/mol. The molecule has 3 aliphatic carbocycles. The third-order valence-corrected chi connectivity index (χ3v) is 8.64. The largest absolute Gasteiger partial charge is 0.395 e. The normalized spacial score (nSPS) is 39.3. The third kappa shape index (κ3) is 4.16. The number of fused-ring (bicyclic) bond motifs is 3. The van der Waals surface area contributed by atoms with Crippen molar-refractivity contribution in [3.8, 4) is 0 Å². The van der Waals surface area contributed by atoms with Crippen molar-refractivity contribution in [1.82, 2.24) is 4.90 Å². The van der Waals surface area contributed by atoms with Crippen molar-refractivity contribution in [1.29, 1.82) is 0 Å². The summed E-state index contributed by atoms with van der Waals surface area (Å²) in [5.74, 6) is 3.20. The number of aliphatic hydroxyl groups excluding tert-OH is 2. The molecule has 3 heteroatoms. The number of rotatable bonds is 7. The Hall–Kier alpha value is -0.380. The fraction of sp³-hybridized carbons (Fsp3) is 0.917. The zero-order chi connectivity index (χ0) is 19.7. The van der Waals surface area contributed by atoms with E-state index >= 15 is 0 Å². The van der Waals surface area contributed by atoms with Crippen LogP contribution in [0.15, 0.2) is 11.6 Å². The first-order chi connectivity index (χ1) is 12.8. The lowest BCUT2D eigenvalue weighted by atomic mass is 9.46. The van der Waals surface area contributed by atoms with Gasteiger partial charge in [-0.15, -0.1) is 0 Å². The molecule has 0 bridgehead atoms. The number of nitrogens with zero attached hydrogens (tertiary/aromatic N) is 1. The summed E-state index contributed by atoms with van der Waals surface area (Å²) in [6, 6.07) is 0. The maximum Gasteiger partial charge on any atom is 0.0558 e. The van der Waals surface area contributed by atoms with Gasteiger partial charge in [-0.2, -0.15) is 0 Å². The summed E-state index contributed by atoms with van der Waals surface area (Å²) in [5.41, 5.74) is 2.50. The van der Waals surface area contributed by atoms with E-state index in [9.17, 15) is 10.2 Å². The molecule has 27 heavy (non-hydrogen) atoms. The van der Waals surface area contributed by atoms with Crippen molar-refractivity contribution < 1.29 is 10.2 Å². The van der Waals surface area contributed by atoms with Crippen molar-refractivity contribution in [3.05, 3.63) is 11.6 Å². The Morgan fingerprint density at radius 2 is 1.81 bits per heavy atom. The van der Waals surface area contributed by atoms with Gasteiger partial charge < -0.3 is 10.2 Å². The third-order valence-electron chi connectivity index (χ3n) is 8.64. The highest BCUT2D eigenvalue weighted by Gasteiger charge is 2.55. The van der Waals surface area contributed by atoms with E-state index in [1.54, 1.807) is 5.57 Å². The fourth-order valence-electron chi connectivity index (χ4n) is 7.17. The molecule has 3 rings (SSSR count). The van der Waals surface area contributed by atoms with Crippen LogP contribution < -0.4 is 0 Å². The van der Waals surface area contributed by atoms with Gasteiger partial charge in [-0.3, -0.25) is 4.90 Å². The summed E-state index contributed by atoms with van der Waals surface area (Å²) >= 11 is 0. The zero-order valence-electron chi connectivity index (χ0n) is 18.2. The molecule has 2 saturated carbocycles. The van der Waals surface area contributed by atoms with Crippen molar-refractivity contribution in [2.24, 2.45) is 34.5 Å². The Morgan fingerprint density at radius 1 is 1.11 bits per heavy atom. The Morgan fingerprint density at radius 3 is 2.44 bits per heavy atom. The first-order valence-electron chi connectivity index (χ1n) is 11.5. The molecule has 2 fully saturated rings. The molecule has 5 atom stereocenters. The highest BCUT2D eigenvalue weighted by Crippen LogP contribution is 2.62. The number of allylic oxidation sites excluding steroid dienone is 2. The van der Waals surface area contributed by atoms with Gasteiger partial charge in [0.1, 0.15) is 0 Å². The van der Waals surface area contributed by atoms with E-state index < -0.39 is 0 Å². The second-order valence-corrected chi connectivity index (χ2v) is 10.6. The van der Waals surface area contributed by atoms with Gasteiger partial charge in [0.15, 0.2) is 0 Å². The smallest absolute Gasteiger partial charge is 0.0558 e. The molecule has 0 heterocycles. The standard InChI is InChI=1S/C24H43NO2/c1-18(2)19-6-8-21-20(16-19)7-9-22-23(3,10-5-11-24(21,22)4)17-25(12-14-26)13-15-27/h7,18-19,21-22,26-27H,5-6,8-17H2,1-4H3/t19?,21-,22?,23-,24-/m1/s1. The molecule has 3 nitrogen and oxygen atoms in total. The van der Waals surface area contributed by atoms with Crippen molar-refractivity contribution >= 4 is 0 Å². The SMILES string of the molecule is CC(C)C1CC[C@@H]2C(=CCC3[C@@](C)(CN(CCO)CCO)CCC[C@@]32C)C1.